The minimum atomic E-state index is 0.107. The van der Waals surface area contributed by atoms with Crippen molar-refractivity contribution in [3.05, 3.63) is 65.7 Å². The maximum atomic E-state index is 9.53. The summed E-state index contributed by atoms with van der Waals surface area (Å²) in [4.78, 5) is 0. The Morgan fingerprint density at radius 3 is 2.00 bits per heavy atom. The van der Waals surface area contributed by atoms with Crippen molar-refractivity contribution in [3.8, 4) is 5.75 Å². The van der Waals surface area contributed by atoms with Gasteiger partial charge in [0.05, 0.1) is 0 Å². The molecule has 0 amide bonds. The van der Waals surface area contributed by atoms with Gasteiger partial charge in [0.25, 0.3) is 0 Å². The van der Waals surface area contributed by atoms with Crippen LogP contribution in [0.15, 0.2) is 54.6 Å². The van der Waals surface area contributed by atoms with Crippen LogP contribution in [0.1, 0.15) is 51.2 Å². The van der Waals surface area contributed by atoms with Crippen LogP contribution in [0.4, 0.5) is 0 Å². The van der Waals surface area contributed by atoms with Crippen molar-refractivity contribution in [1.29, 1.82) is 0 Å². The summed E-state index contributed by atoms with van der Waals surface area (Å²) in [6.45, 7) is 8.83. The molecule has 22 heavy (non-hydrogen) atoms. The Balaban J connectivity index is 2.24. The second-order valence-electron chi connectivity index (χ2n) is 7.09. The fraction of sp³-hybridized carbons (Fsp3) is 0.400. The van der Waals surface area contributed by atoms with Gasteiger partial charge in [0.15, 0.2) is 0 Å². The predicted octanol–water partition coefficient (Wildman–Crippen LogP) is 4.69. The molecule has 0 radical (unpaired) electrons. The van der Waals surface area contributed by atoms with Crippen LogP contribution in [0.5, 0.6) is 5.75 Å². The third-order valence-corrected chi connectivity index (χ3v) is 3.77. The minimum absolute atomic E-state index is 0.107. The topological polar surface area (TPSA) is 32.3 Å². The highest BCUT2D eigenvalue weighted by Gasteiger charge is 2.20. The molecule has 0 heterocycles. The van der Waals surface area contributed by atoms with E-state index in [4.69, 9.17) is 0 Å². The standard InChI is InChI=1S/C20H27NO/c1-15(21-20(2,3)4)14-19(16-8-6-5-7-9-16)17-10-12-18(22)13-11-17/h5-13,15,19,21-22H,14H2,1-4H3/t15-,19+/m1/s1. The third-order valence-electron chi connectivity index (χ3n) is 3.77. The number of phenolic OH excluding ortho intramolecular Hbond substituents is 1. The largest absolute Gasteiger partial charge is 0.508 e. The fourth-order valence-corrected chi connectivity index (χ4v) is 3.01. The quantitative estimate of drug-likeness (QED) is 0.839. The molecule has 0 aromatic heterocycles. The Morgan fingerprint density at radius 1 is 0.909 bits per heavy atom. The maximum Gasteiger partial charge on any atom is 0.115 e. The second kappa shape index (κ2) is 6.97. The number of rotatable bonds is 5. The average molecular weight is 297 g/mol. The predicted molar refractivity (Wildman–Crippen MR) is 93.4 cm³/mol. The molecular formula is C20H27NO. The van der Waals surface area contributed by atoms with Gasteiger partial charge in [-0.25, -0.2) is 0 Å². The summed E-state index contributed by atoms with van der Waals surface area (Å²) in [7, 11) is 0. The van der Waals surface area contributed by atoms with Gasteiger partial charge in [0, 0.05) is 17.5 Å². The molecular weight excluding hydrogens is 270 g/mol. The van der Waals surface area contributed by atoms with E-state index in [1.165, 1.54) is 11.1 Å². The van der Waals surface area contributed by atoms with Crippen molar-refractivity contribution >= 4 is 0 Å². The molecule has 0 aliphatic heterocycles. The van der Waals surface area contributed by atoms with Gasteiger partial charge in [-0.2, -0.15) is 0 Å². The van der Waals surface area contributed by atoms with E-state index in [0.717, 1.165) is 6.42 Å². The number of aromatic hydroxyl groups is 1. The molecule has 0 unspecified atom stereocenters. The molecule has 2 aromatic rings. The van der Waals surface area contributed by atoms with Gasteiger partial charge in [-0.15, -0.1) is 0 Å². The molecule has 0 aliphatic rings. The van der Waals surface area contributed by atoms with Crippen LogP contribution in [0.25, 0.3) is 0 Å². The van der Waals surface area contributed by atoms with Crippen LogP contribution in [0, 0.1) is 0 Å². The summed E-state index contributed by atoms with van der Waals surface area (Å²) in [5.41, 5.74) is 2.66. The lowest BCUT2D eigenvalue weighted by Gasteiger charge is -2.29. The monoisotopic (exact) mass is 297 g/mol. The van der Waals surface area contributed by atoms with Crippen molar-refractivity contribution in [1.82, 2.24) is 5.32 Å². The molecule has 2 aromatic carbocycles. The van der Waals surface area contributed by atoms with Gasteiger partial charge in [0.2, 0.25) is 0 Å². The molecule has 0 spiro atoms. The van der Waals surface area contributed by atoms with Gasteiger partial charge in [0.1, 0.15) is 5.75 Å². The van der Waals surface area contributed by atoms with Gasteiger partial charge < -0.3 is 10.4 Å². The Morgan fingerprint density at radius 2 is 1.45 bits per heavy atom. The number of hydrogen-bond donors (Lipinski definition) is 2. The lowest BCUT2D eigenvalue weighted by atomic mass is 9.86. The van der Waals surface area contributed by atoms with Crippen LogP contribution < -0.4 is 5.32 Å². The van der Waals surface area contributed by atoms with Crippen molar-refractivity contribution < 1.29 is 5.11 Å². The lowest BCUT2D eigenvalue weighted by molar-refractivity contribution is 0.353. The zero-order valence-electron chi connectivity index (χ0n) is 14.0. The molecule has 2 heteroatoms. The van der Waals surface area contributed by atoms with E-state index in [2.05, 4.69) is 57.3 Å². The zero-order valence-corrected chi connectivity index (χ0v) is 14.0. The van der Waals surface area contributed by atoms with Gasteiger partial charge in [-0.3, -0.25) is 0 Å². The number of phenols is 1. The van der Waals surface area contributed by atoms with Crippen LogP contribution in [-0.4, -0.2) is 16.7 Å². The van der Waals surface area contributed by atoms with E-state index in [9.17, 15) is 5.11 Å². The molecule has 0 saturated heterocycles. The van der Waals surface area contributed by atoms with Crippen molar-refractivity contribution in [2.75, 3.05) is 0 Å². The minimum Gasteiger partial charge on any atom is -0.508 e. The lowest BCUT2D eigenvalue weighted by Crippen LogP contribution is -2.42. The summed E-state index contributed by atoms with van der Waals surface area (Å²) >= 11 is 0. The van der Waals surface area contributed by atoms with Crippen molar-refractivity contribution in [2.24, 2.45) is 0 Å². The van der Waals surface area contributed by atoms with Crippen molar-refractivity contribution in [2.45, 2.75) is 51.6 Å². The first kappa shape index (κ1) is 16.6. The van der Waals surface area contributed by atoms with Gasteiger partial charge in [-0.05, 0) is 57.4 Å². The summed E-state index contributed by atoms with van der Waals surface area (Å²) < 4.78 is 0. The van der Waals surface area contributed by atoms with Crippen LogP contribution in [-0.2, 0) is 0 Å². The molecule has 0 bridgehead atoms. The zero-order chi connectivity index (χ0) is 16.2. The Bertz CT molecular complexity index is 569. The highest BCUT2D eigenvalue weighted by molar-refractivity contribution is 5.35. The Kier molecular flexibility index (Phi) is 5.25. The third kappa shape index (κ3) is 4.88. The van der Waals surface area contributed by atoms with E-state index >= 15 is 0 Å². The van der Waals surface area contributed by atoms with Gasteiger partial charge in [-0.1, -0.05) is 42.5 Å². The van der Waals surface area contributed by atoms with Crippen LogP contribution in [0.2, 0.25) is 0 Å². The molecule has 2 N–H and O–H groups in total. The first-order chi connectivity index (χ1) is 10.3. The smallest absolute Gasteiger partial charge is 0.115 e. The summed E-state index contributed by atoms with van der Waals surface area (Å²) in [6.07, 6.45) is 1.02. The van der Waals surface area contributed by atoms with E-state index < -0.39 is 0 Å². The molecule has 2 rings (SSSR count). The first-order valence-corrected chi connectivity index (χ1v) is 7.97. The Labute approximate surface area is 134 Å². The molecule has 0 aliphatic carbocycles. The van der Waals surface area contributed by atoms with E-state index in [0.29, 0.717) is 17.7 Å². The highest BCUT2D eigenvalue weighted by atomic mass is 16.3. The average Bonchev–Trinajstić information content (AvgIpc) is 2.45. The molecule has 0 saturated carbocycles. The molecule has 118 valence electrons. The van der Waals surface area contributed by atoms with E-state index in [-0.39, 0.29) is 5.54 Å². The SMILES string of the molecule is C[C@H](C[C@@H](c1ccccc1)c1ccc(O)cc1)NC(C)(C)C. The molecule has 2 atom stereocenters. The maximum absolute atomic E-state index is 9.53. The van der Waals surface area contributed by atoms with E-state index in [1.807, 2.05) is 18.2 Å². The van der Waals surface area contributed by atoms with Gasteiger partial charge >= 0.3 is 0 Å². The van der Waals surface area contributed by atoms with Crippen LogP contribution >= 0.6 is 0 Å². The number of hydrogen-bond acceptors (Lipinski definition) is 2. The first-order valence-electron chi connectivity index (χ1n) is 7.97. The Hall–Kier alpha value is -1.80. The normalized spacial score (nSPS) is 14.5. The van der Waals surface area contributed by atoms with E-state index in [1.54, 1.807) is 12.1 Å². The number of nitrogens with one attached hydrogen (secondary N) is 1. The second-order valence-corrected chi connectivity index (χ2v) is 7.09. The highest BCUT2D eigenvalue weighted by Crippen LogP contribution is 2.30. The fourth-order valence-electron chi connectivity index (χ4n) is 3.01. The summed E-state index contributed by atoms with van der Waals surface area (Å²) in [5.74, 6) is 0.642. The molecule has 0 fully saturated rings. The van der Waals surface area contributed by atoms with Crippen LogP contribution in [0.3, 0.4) is 0 Å². The van der Waals surface area contributed by atoms with Crippen molar-refractivity contribution in [3.63, 3.8) is 0 Å². The summed E-state index contributed by atoms with van der Waals surface area (Å²) in [6, 6.07) is 18.6. The summed E-state index contributed by atoms with van der Waals surface area (Å²) in [5, 5.41) is 13.2. The molecule has 2 nitrogen and oxygen atoms in total. The number of benzene rings is 2.